The van der Waals surface area contributed by atoms with Crippen LogP contribution in [0.5, 0.6) is 0 Å². The molecule has 1 aliphatic rings. The number of hydrogen-bond acceptors (Lipinski definition) is 4. The van der Waals surface area contributed by atoms with Gasteiger partial charge in [-0.1, -0.05) is 23.4 Å². The summed E-state index contributed by atoms with van der Waals surface area (Å²) in [6.07, 6.45) is 6.18. The van der Waals surface area contributed by atoms with Crippen LogP contribution in [0.25, 0.3) is 10.9 Å². The summed E-state index contributed by atoms with van der Waals surface area (Å²) in [4.78, 5) is 4.10. The van der Waals surface area contributed by atoms with Gasteiger partial charge in [0.2, 0.25) is 6.39 Å². The highest BCUT2D eigenvalue weighted by atomic mass is 16.5. The van der Waals surface area contributed by atoms with Gasteiger partial charge in [0.15, 0.2) is 5.82 Å². The van der Waals surface area contributed by atoms with Crippen LogP contribution < -0.4 is 5.32 Å². The van der Waals surface area contributed by atoms with E-state index in [2.05, 4.69) is 50.5 Å². The molecule has 102 valence electrons. The van der Waals surface area contributed by atoms with Crippen LogP contribution in [0.3, 0.4) is 0 Å². The standard InChI is InChI=1S/C15H16N4O/c1-2-4-14-13(3-1)11(7-16-12-5-6-12)8-19(14)9-15-17-10-20-18-15/h1-4,8,10,12,16H,5-7,9H2. The number of hydrogen-bond donors (Lipinski definition) is 1. The van der Waals surface area contributed by atoms with Gasteiger partial charge in [0.25, 0.3) is 0 Å². The van der Waals surface area contributed by atoms with Gasteiger partial charge in [-0.3, -0.25) is 0 Å². The molecule has 4 rings (SSSR count). The molecule has 20 heavy (non-hydrogen) atoms. The average Bonchev–Trinajstić information content (AvgIpc) is 3.05. The molecular weight excluding hydrogens is 252 g/mol. The molecule has 3 aromatic rings. The Hall–Kier alpha value is -2.14. The van der Waals surface area contributed by atoms with Crippen LogP contribution in [0.4, 0.5) is 0 Å². The fraction of sp³-hybridized carbons (Fsp3) is 0.333. The SMILES string of the molecule is c1ccc2c(c1)c(CNC1CC1)cn2Cc1ncon1. The third-order valence-corrected chi connectivity index (χ3v) is 3.75. The predicted octanol–water partition coefficient (Wildman–Crippen LogP) is 2.32. The number of benzene rings is 1. The lowest BCUT2D eigenvalue weighted by molar-refractivity contribution is 0.408. The highest BCUT2D eigenvalue weighted by Gasteiger charge is 2.20. The highest BCUT2D eigenvalue weighted by Crippen LogP contribution is 2.24. The zero-order valence-corrected chi connectivity index (χ0v) is 11.1. The number of para-hydroxylation sites is 1. The van der Waals surface area contributed by atoms with Gasteiger partial charge in [-0.05, 0) is 24.5 Å². The fourth-order valence-corrected chi connectivity index (χ4v) is 2.55. The van der Waals surface area contributed by atoms with Crippen molar-refractivity contribution in [3.8, 4) is 0 Å². The predicted molar refractivity (Wildman–Crippen MR) is 75.2 cm³/mol. The van der Waals surface area contributed by atoms with Gasteiger partial charge in [0.05, 0.1) is 6.54 Å². The van der Waals surface area contributed by atoms with Gasteiger partial charge in [-0.15, -0.1) is 0 Å². The normalized spacial score (nSPS) is 15.0. The summed E-state index contributed by atoms with van der Waals surface area (Å²) < 4.78 is 6.99. The first-order chi connectivity index (χ1) is 9.90. The maximum atomic E-state index is 4.81. The molecule has 0 aliphatic heterocycles. The van der Waals surface area contributed by atoms with Crippen molar-refractivity contribution < 1.29 is 4.52 Å². The molecule has 1 aromatic carbocycles. The second-order valence-electron chi connectivity index (χ2n) is 5.30. The third kappa shape index (κ3) is 2.20. The van der Waals surface area contributed by atoms with Crippen LogP contribution in [0, 0.1) is 0 Å². The van der Waals surface area contributed by atoms with Crippen LogP contribution in [0.15, 0.2) is 41.4 Å². The summed E-state index contributed by atoms with van der Waals surface area (Å²) in [5, 5.41) is 8.76. The molecule has 1 aliphatic carbocycles. The monoisotopic (exact) mass is 268 g/mol. The minimum absolute atomic E-state index is 0.639. The van der Waals surface area contributed by atoms with Crippen molar-refractivity contribution in [3.05, 3.63) is 48.2 Å². The van der Waals surface area contributed by atoms with Crippen LogP contribution in [0.2, 0.25) is 0 Å². The molecule has 5 nitrogen and oxygen atoms in total. The maximum Gasteiger partial charge on any atom is 0.213 e. The smallest absolute Gasteiger partial charge is 0.213 e. The third-order valence-electron chi connectivity index (χ3n) is 3.75. The quantitative estimate of drug-likeness (QED) is 0.771. The topological polar surface area (TPSA) is 55.9 Å². The second kappa shape index (κ2) is 4.76. The van der Waals surface area contributed by atoms with E-state index in [1.165, 1.54) is 35.7 Å². The van der Waals surface area contributed by atoms with E-state index in [0.717, 1.165) is 6.54 Å². The summed E-state index contributed by atoms with van der Waals surface area (Å²) in [5.74, 6) is 0.701. The van der Waals surface area contributed by atoms with Crippen molar-refractivity contribution in [1.82, 2.24) is 20.0 Å². The van der Waals surface area contributed by atoms with Crippen molar-refractivity contribution in [2.45, 2.75) is 32.0 Å². The van der Waals surface area contributed by atoms with Crippen LogP contribution in [-0.2, 0) is 13.1 Å². The number of nitrogens with one attached hydrogen (secondary N) is 1. The van der Waals surface area contributed by atoms with E-state index >= 15 is 0 Å². The molecule has 0 saturated heterocycles. The zero-order chi connectivity index (χ0) is 13.4. The second-order valence-corrected chi connectivity index (χ2v) is 5.30. The zero-order valence-electron chi connectivity index (χ0n) is 11.1. The molecule has 0 amide bonds. The van der Waals surface area contributed by atoms with E-state index in [1.807, 2.05) is 0 Å². The molecule has 0 atom stereocenters. The lowest BCUT2D eigenvalue weighted by Gasteiger charge is -2.00. The lowest BCUT2D eigenvalue weighted by atomic mass is 10.2. The number of nitrogens with zero attached hydrogens (tertiary/aromatic N) is 3. The summed E-state index contributed by atoms with van der Waals surface area (Å²) in [5.41, 5.74) is 2.54. The Balaban J connectivity index is 1.68. The summed E-state index contributed by atoms with van der Waals surface area (Å²) in [7, 11) is 0. The van der Waals surface area contributed by atoms with Crippen molar-refractivity contribution in [2.75, 3.05) is 0 Å². The molecule has 0 bridgehead atoms. The first kappa shape index (κ1) is 11.7. The van der Waals surface area contributed by atoms with E-state index in [4.69, 9.17) is 4.52 Å². The number of aromatic nitrogens is 3. The Morgan fingerprint density at radius 1 is 1.30 bits per heavy atom. The molecule has 2 aromatic heterocycles. The Labute approximate surface area is 116 Å². The van der Waals surface area contributed by atoms with E-state index in [9.17, 15) is 0 Å². The molecule has 0 spiro atoms. The van der Waals surface area contributed by atoms with Crippen LogP contribution in [-0.4, -0.2) is 20.7 Å². The Kier molecular flexibility index (Phi) is 2.77. The number of fused-ring (bicyclic) bond motifs is 1. The Morgan fingerprint density at radius 2 is 2.20 bits per heavy atom. The molecule has 0 radical (unpaired) electrons. The van der Waals surface area contributed by atoms with E-state index in [1.54, 1.807) is 0 Å². The molecule has 1 N–H and O–H groups in total. The van der Waals surface area contributed by atoms with Crippen molar-refractivity contribution >= 4 is 10.9 Å². The minimum atomic E-state index is 0.639. The van der Waals surface area contributed by atoms with Gasteiger partial charge < -0.3 is 14.4 Å². The Morgan fingerprint density at radius 3 is 3.00 bits per heavy atom. The molecular formula is C15H16N4O. The van der Waals surface area contributed by atoms with Crippen molar-refractivity contribution in [1.29, 1.82) is 0 Å². The number of rotatable bonds is 5. The van der Waals surface area contributed by atoms with Gasteiger partial charge in [-0.2, -0.15) is 4.98 Å². The fourth-order valence-electron chi connectivity index (χ4n) is 2.55. The molecule has 2 heterocycles. The minimum Gasteiger partial charge on any atom is -0.343 e. The molecule has 1 fully saturated rings. The summed E-state index contributed by atoms with van der Waals surface area (Å²) in [6.45, 7) is 1.56. The van der Waals surface area contributed by atoms with Crippen LogP contribution >= 0.6 is 0 Å². The van der Waals surface area contributed by atoms with Gasteiger partial charge >= 0.3 is 0 Å². The molecule has 0 unspecified atom stereocenters. The van der Waals surface area contributed by atoms with Gasteiger partial charge in [-0.25, -0.2) is 0 Å². The largest absolute Gasteiger partial charge is 0.343 e. The van der Waals surface area contributed by atoms with E-state index < -0.39 is 0 Å². The summed E-state index contributed by atoms with van der Waals surface area (Å²) >= 11 is 0. The first-order valence-corrected chi connectivity index (χ1v) is 6.95. The highest BCUT2D eigenvalue weighted by molar-refractivity contribution is 5.84. The average molecular weight is 268 g/mol. The van der Waals surface area contributed by atoms with Crippen molar-refractivity contribution in [3.63, 3.8) is 0 Å². The van der Waals surface area contributed by atoms with Crippen LogP contribution in [0.1, 0.15) is 24.2 Å². The molecule has 5 heteroatoms. The van der Waals surface area contributed by atoms with E-state index in [0.29, 0.717) is 18.4 Å². The molecule has 1 saturated carbocycles. The van der Waals surface area contributed by atoms with Crippen molar-refractivity contribution in [2.24, 2.45) is 0 Å². The Bertz CT molecular complexity index is 713. The summed E-state index contributed by atoms with van der Waals surface area (Å²) in [6, 6.07) is 9.17. The lowest BCUT2D eigenvalue weighted by Crippen LogP contribution is -2.14. The van der Waals surface area contributed by atoms with E-state index in [-0.39, 0.29) is 0 Å². The van der Waals surface area contributed by atoms with Gasteiger partial charge in [0.1, 0.15) is 0 Å². The maximum absolute atomic E-state index is 4.81. The van der Waals surface area contributed by atoms with Gasteiger partial charge in [0, 0.05) is 29.7 Å². The first-order valence-electron chi connectivity index (χ1n) is 6.95.